The minimum atomic E-state index is 0.404. The average Bonchev–Trinajstić information content (AvgIpc) is 2.35. The molecule has 0 atom stereocenters. The molecule has 2 rings (SSSR count). The van der Waals surface area contributed by atoms with Crippen molar-refractivity contribution in [3.05, 3.63) is 32.8 Å². The summed E-state index contributed by atoms with van der Waals surface area (Å²) in [5.74, 6) is 1.35. The maximum atomic E-state index is 6.42. The first-order valence-corrected chi connectivity index (χ1v) is 7.65. The quantitative estimate of drug-likeness (QED) is 0.795. The number of aromatic nitrogens is 1. The van der Waals surface area contributed by atoms with Crippen molar-refractivity contribution in [2.24, 2.45) is 0 Å². The number of pyridine rings is 1. The van der Waals surface area contributed by atoms with Crippen molar-refractivity contribution < 1.29 is 0 Å². The first-order chi connectivity index (χ1) is 8.95. The maximum Gasteiger partial charge on any atom is 0.130 e. The fourth-order valence-electron chi connectivity index (χ4n) is 2.16. The van der Waals surface area contributed by atoms with E-state index in [-0.39, 0.29) is 0 Å². The van der Waals surface area contributed by atoms with E-state index in [1.54, 1.807) is 0 Å². The summed E-state index contributed by atoms with van der Waals surface area (Å²) in [5, 5.41) is 5.14. The number of hydrogen-bond donors (Lipinski definition) is 1. The van der Waals surface area contributed by atoms with Crippen molar-refractivity contribution in [3.8, 4) is 0 Å². The Morgan fingerprint density at radius 2 is 2.05 bits per heavy atom. The maximum absolute atomic E-state index is 6.42. The molecule has 4 heteroatoms. The predicted molar refractivity (Wildman–Crippen MR) is 87.4 cm³/mol. The zero-order valence-electron chi connectivity index (χ0n) is 11.6. The standard InChI is InChI=1S/C15H18BrClN2/c1-5-18-15-10(8(2)3)7-11-13(17)9(4)6-12(16)14(11)19-15/h6-8H,5H2,1-4H3,(H,18,19). The average molecular weight is 342 g/mol. The highest BCUT2D eigenvalue weighted by molar-refractivity contribution is 9.10. The SMILES string of the molecule is CCNc1nc2c(Br)cc(C)c(Cl)c2cc1C(C)C. The molecule has 19 heavy (non-hydrogen) atoms. The van der Waals surface area contributed by atoms with Gasteiger partial charge in [0, 0.05) is 16.4 Å². The summed E-state index contributed by atoms with van der Waals surface area (Å²) in [7, 11) is 0. The number of nitrogens with zero attached hydrogens (tertiary/aromatic N) is 1. The number of benzene rings is 1. The van der Waals surface area contributed by atoms with Crippen LogP contribution in [0.1, 0.15) is 37.8 Å². The number of aryl methyl sites for hydroxylation is 1. The molecule has 0 saturated heterocycles. The van der Waals surface area contributed by atoms with E-state index in [2.05, 4.69) is 48.1 Å². The second-order valence-corrected chi connectivity index (χ2v) is 6.23. The van der Waals surface area contributed by atoms with Gasteiger partial charge < -0.3 is 5.32 Å². The van der Waals surface area contributed by atoms with Crippen LogP contribution >= 0.6 is 27.5 Å². The van der Waals surface area contributed by atoms with Gasteiger partial charge in [-0.1, -0.05) is 25.4 Å². The van der Waals surface area contributed by atoms with Crippen LogP contribution in [0.3, 0.4) is 0 Å². The Morgan fingerprint density at radius 1 is 1.37 bits per heavy atom. The number of halogens is 2. The number of rotatable bonds is 3. The number of hydrogen-bond acceptors (Lipinski definition) is 2. The zero-order valence-corrected chi connectivity index (χ0v) is 14.0. The van der Waals surface area contributed by atoms with Crippen LogP contribution in [-0.4, -0.2) is 11.5 Å². The summed E-state index contributed by atoms with van der Waals surface area (Å²) >= 11 is 10.0. The smallest absolute Gasteiger partial charge is 0.130 e. The molecular formula is C15H18BrClN2. The Bertz CT molecular complexity index is 623. The Morgan fingerprint density at radius 3 is 2.63 bits per heavy atom. The predicted octanol–water partition coefficient (Wildman–Crippen LogP) is 5.51. The minimum Gasteiger partial charge on any atom is -0.370 e. The molecule has 1 N–H and O–H groups in total. The summed E-state index contributed by atoms with van der Waals surface area (Å²) < 4.78 is 0.985. The van der Waals surface area contributed by atoms with Crippen LogP contribution in [0.4, 0.5) is 5.82 Å². The van der Waals surface area contributed by atoms with Gasteiger partial charge in [-0.05, 0) is 59.0 Å². The van der Waals surface area contributed by atoms with Gasteiger partial charge in [-0.15, -0.1) is 0 Å². The first-order valence-electron chi connectivity index (χ1n) is 6.48. The normalized spacial score (nSPS) is 11.3. The monoisotopic (exact) mass is 340 g/mol. The van der Waals surface area contributed by atoms with Gasteiger partial charge in [0.15, 0.2) is 0 Å². The molecule has 0 saturated carbocycles. The Kier molecular flexibility index (Phi) is 4.36. The Balaban J connectivity index is 2.81. The van der Waals surface area contributed by atoms with Gasteiger partial charge >= 0.3 is 0 Å². The lowest BCUT2D eigenvalue weighted by Crippen LogP contribution is -2.05. The molecule has 1 heterocycles. The van der Waals surface area contributed by atoms with Crippen LogP contribution in [0.5, 0.6) is 0 Å². The number of nitrogens with one attached hydrogen (secondary N) is 1. The molecule has 0 fully saturated rings. The lowest BCUT2D eigenvalue weighted by Gasteiger charge is -2.16. The molecule has 0 radical (unpaired) electrons. The Hall–Kier alpha value is -0.800. The number of anilines is 1. The van der Waals surface area contributed by atoms with Crippen molar-refractivity contribution in [2.45, 2.75) is 33.6 Å². The van der Waals surface area contributed by atoms with Crippen LogP contribution < -0.4 is 5.32 Å². The first kappa shape index (κ1) is 14.6. The summed E-state index contributed by atoms with van der Waals surface area (Å²) in [6.45, 7) is 9.28. The van der Waals surface area contributed by atoms with Gasteiger partial charge in [0.1, 0.15) is 5.82 Å². The van der Waals surface area contributed by atoms with Crippen molar-refractivity contribution in [1.82, 2.24) is 4.98 Å². The van der Waals surface area contributed by atoms with E-state index in [0.717, 1.165) is 38.3 Å². The molecule has 0 bridgehead atoms. The number of fused-ring (bicyclic) bond motifs is 1. The molecule has 0 unspecified atom stereocenters. The molecule has 0 spiro atoms. The minimum absolute atomic E-state index is 0.404. The van der Waals surface area contributed by atoms with Crippen LogP contribution in [-0.2, 0) is 0 Å². The molecule has 1 aromatic carbocycles. The summed E-state index contributed by atoms with van der Waals surface area (Å²) in [4.78, 5) is 4.75. The summed E-state index contributed by atoms with van der Waals surface area (Å²) in [6.07, 6.45) is 0. The molecular weight excluding hydrogens is 324 g/mol. The second-order valence-electron chi connectivity index (χ2n) is 5.00. The summed E-state index contributed by atoms with van der Waals surface area (Å²) in [5.41, 5.74) is 3.18. The van der Waals surface area contributed by atoms with Crippen LogP contribution in [0.25, 0.3) is 10.9 Å². The second kappa shape index (κ2) is 5.68. The molecule has 2 nitrogen and oxygen atoms in total. The molecule has 0 aliphatic rings. The highest BCUT2D eigenvalue weighted by atomic mass is 79.9. The van der Waals surface area contributed by atoms with Crippen molar-refractivity contribution in [1.29, 1.82) is 0 Å². The van der Waals surface area contributed by atoms with Gasteiger partial charge in [0.05, 0.1) is 10.5 Å². The van der Waals surface area contributed by atoms with E-state index < -0.39 is 0 Å². The van der Waals surface area contributed by atoms with Crippen LogP contribution in [0.15, 0.2) is 16.6 Å². The lowest BCUT2D eigenvalue weighted by molar-refractivity contribution is 0.861. The molecule has 0 aliphatic heterocycles. The van der Waals surface area contributed by atoms with E-state index in [0.29, 0.717) is 5.92 Å². The highest BCUT2D eigenvalue weighted by Gasteiger charge is 2.14. The van der Waals surface area contributed by atoms with Crippen molar-refractivity contribution >= 4 is 44.3 Å². The zero-order chi connectivity index (χ0) is 14.2. The van der Waals surface area contributed by atoms with Gasteiger partial charge in [0.2, 0.25) is 0 Å². The van der Waals surface area contributed by atoms with Gasteiger partial charge in [-0.3, -0.25) is 0 Å². The van der Waals surface area contributed by atoms with E-state index in [4.69, 9.17) is 16.6 Å². The van der Waals surface area contributed by atoms with Crippen LogP contribution in [0.2, 0.25) is 5.02 Å². The molecule has 0 aliphatic carbocycles. The largest absolute Gasteiger partial charge is 0.370 e. The van der Waals surface area contributed by atoms with Crippen molar-refractivity contribution in [3.63, 3.8) is 0 Å². The topological polar surface area (TPSA) is 24.9 Å². The van der Waals surface area contributed by atoms with E-state index in [1.165, 1.54) is 5.56 Å². The fraction of sp³-hybridized carbons (Fsp3) is 0.400. The molecule has 102 valence electrons. The van der Waals surface area contributed by atoms with Gasteiger partial charge in [-0.25, -0.2) is 4.98 Å². The highest BCUT2D eigenvalue weighted by Crippen LogP contribution is 2.36. The van der Waals surface area contributed by atoms with E-state index in [9.17, 15) is 0 Å². The fourth-order valence-corrected chi connectivity index (χ4v) is 3.01. The van der Waals surface area contributed by atoms with Crippen LogP contribution in [0, 0.1) is 6.92 Å². The van der Waals surface area contributed by atoms with E-state index in [1.807, 2.05) is 13.0 Å². The lowest BCUT2D eigenvalue weighted by atomic mass is 10.0. The Labute approximate surface area is 127 Å². The molecule has 1 aromatic heterocycles. The third-order valence-electron chi connectivity index (χ3n) is 3.17. The molecule has 2 aromatic rings. The van der Waals surface area contributed by atoms with Crippen molar-refractivity contribution in [2.75, 3.05) is 11.9 Å². The third-order valence-corrected chi connectivity index (χ3v) is 4.28. The van der Waals surface area contributed by atoms with Gasteiger partial charge in [-0.2, -0.15) is 0 Å². The summed E-state index contributed by atoms with van der Waals surface area (Å²) in [6, 6.07) is 4.17. The third kappa shape index (κ3) is 2.72. The molecule has 0 amide bonds. The van der Waals surface area contributed by atoms with E-state index >= 15 is 0 Å². The van der Waals surface area contributed by atoms with Gasteiger partial charge in [0.25, 0.3) is 0 Å².